The molecular formula is C21H24ClN3O4S. The van der Waals surface area contributed by atoms with Crippen molar-refractivity contribution in [2.45, 2.75) is 37.6 Å². The number of rotatable bonds is 5. The molecule has 30 heavy (non-hydrogen) atoms. The van der Waals surface area contributed by atoms with Crippen LogP contribution in [0.5, 0.6) is 0 Å². The number of amidine groups is 1. The molecular weight excluding hydrogens is 426 g/mol. The third-order valence-corrected chi connectivity index (χ3v) is 7.74. The Balaban J connectivity index is 1.69. The van der Waals surface area contributed by atoms with Crippen molar-refractivity contribution in [3.05, 3.63) is 34.9 Å². The van der Waals surface area contributed by atoms with Gasteiger partial charge in [-0.3, -0.25) is 19.5 Å². The number of halogens is 1. The van der Waals surface area contributed by atoms with Crippen molar-refractivity contribution >= 4 is 46.3 Å². The molecule has 1 aromatic rings. The van der Waals surface area contributed by atoms with Crippen LogP contribution < -0.4 is 0 Å². The summed E-state index contributed by atoms with van der Waals surface area (Å²) in [5, 5.41) is 1.35. The maximum absolute atomic E-state index is 13.2. The summed E-state index contributed by atoms with van der Waals surface area (Å²) in [7, 11) is 1.33. The number of esters is 1. The van der Waals surface area contributed by atoms with Crippen molar-refractivity contribution in [3.63, 3.8) is 0 Å². The number of benzene rings is 1. The normalized spacial score (nSPS) is 29.9. The van der Waals surface area contributed by atoms with Gasteiger partial charge in [-0.25, -0.2) is 4.79 Å². The zero-order valence-corrected chi connectivity index (χ0v) is 18.7. The molecule has 0 bridgehead atoms. The molecule has 0 N–H and O–H groups in total. The van der Waals surface area contributed by atoms with Crippen molar-refractivity contribution < 1.29 is 19.1 Å². The van der Waals surface area contributed by atoms with E-state index in [9.17, 15) is 14.4 Å². The molecule has 9 heteroatoms. The van der Waals surface area contributed by atoms with E-state index in [0.717, 1.165) is 5.56 Å². The van der Waals surface area contributed by atoms with Crippen LogP contribution in [0.4, 0.5) is 0 Å². The number of amides is 2. The van der Waals surface area contributed by atoms with E-state index in [4.69, 9.17) is 16.3 Å². The Labute approximate surface area is 184 Å². The molecule has 0 aromatic heterocycles. The largest absolute Gasteiger partial charge is 0.467 e. The van der Waals surface area contributed by atoms with Crippen molar-refractivity contribution in [3.8, 4) is 0 Å². The average molecular weight is 450 g/mol. The van der Waals surface area contributed by atoms with E-state index < -0.39 is 23.3 Å². The van der Waals surface area contributed by atoms with Crippen LogP contribution in [0.2, 0.25) is 5.02 Å². The highest BCUT2D eigenvalue weighted by atomic mass is 35.5. The molecule has 0 unspecified atom stereocenters. The summed E-state index contributed by atoms with van der Waals surface area (Å²) >= 11 is 7.47. The SMILES string of the molecule is CCN1C(=O)[C@H]2[C@H]3CN=C(SCc4ccc(Cl)cc4)N3[C@@](CC)(C(=O)OC)[C@H]2C1=O. The van der Waals surface area contributed by atoms with Gasteiger partial charge in [-0.2, -0.15) is 0 Å². The molecule has 4 rings (SSSR count). The van der Waals surface area contributed by atoms with Crippen LogP contribution in [0.1, 0.15) is 25.8 Å². The van der Waals surface area contributed by atoms with E-state index in [1.807, 2.05) is 36.1 Å². The van der Waals surface area contributed by atoms with Crippen molar-refractivity contribution in [2.75, 3.05) is 20.2 Å². The molecule has 1 aromatic carbocycles. The highest BCUT2D eigenvalue weighted by Gasteiger charge is 2.73. The van der Waals surface area contributed by atoms with E-state index in [0.29, 0.717) is 35.5 Å². The molecule has 0 aliphatic carbocycles. The first-order valence-electron chi connectivity index (χ1n) is 10.0. The first-order valence-corrected chi connectivity index (χ1v) is 11.4. The van der Waals surface area contributed by atoms with Crippen molar-refractivity contribution in [1.82, 2.24) is 9.80 Å². The Kier molecular flexibility index (Phi) is 5.57. The van der Waals surface area contributed by atoms with Gasteiger partial charge in [0.15, 0.2) is 10.7 Å². The Bertz CT molecular complexity index is 921. The molecule has 3 heterocycles. The molecule has 3 aliphatic heterocycles. The Morgan fingerprint density at radius 3 is 2.57 bits per heavy atom. The summed E-state index contributed by atoms with van der Waals surface area (Å²) in [5.41, 5.74) is -0.150. The molecule has 0 spiro atoms. The van der Waals surface area contributed by atoms with Crippen LogP contribution in [0.25, 0.3) is 0 Å². The lowest BCUT2D eigenvalue weighted by molar-refractivity contribution is -0.158. The number of ether oxygens (including phenoxy) is 1. The van der Waals surface area contributed by atoms with E-state index in [1.165, 1.54) is 23.8 Å². The van der Waals surface area contributed by atoms with Crippen molar-refractivity contribution in [2.24, 2.45) is 16.8 Å². The Morgan fingerprint density at radius 2 is 1.97 bits per heavy atom. The minimum Gasteiger partial charge on any atom is -0.467 e. The van der Waals surface area contributed by atoms with Gasteiger partial charge < -0.3 is 9.64 Å². The van der Waals surface area contributed by atoms with Crippen molar-refractivity contribution in [1.29, 1.82) is 0 Å². The fourth-order valence-electron chi connectivity index (χ4n) is 5.09. The topological polar surface area (TPSA) is 79.3 Å². The summed E-state index contributed by atoms with van der Waals surface area (Å²) in [4.78, 5) is 47.2. The van der Waals surface area contributed by atoms with E-state index in [1.54, 1.807) is 6.92 Å². The number of hydrogen-bond acceptors (Lipinski definition) is 7. The molecule has 0 radical (unpaired) electrons. The number of hydrogen-bond donors (Lipinski definition) is 0. The zero-order chi connectivity index (χ0) is 21.6. The van der Waals surface area contributed by atoms with Gasteiger partial charge in [-0.1, -0.05) is 42.4 Å². The maximum atomic E-state index is 13.2. The predicted molar refractivity (Wildman–Crippen MR) is 115 cm³/mol. The van der Waals surface area contributed by atoms with Gasteiger partial charge >= 0.3 is 5.97 Å². The quantitative estimate of drug-likeness (QED) is 0.507. The fourth-order valence-corrected chi connectivity index (χ4v) is 6.31. The molecule has 160 valence electrons. The third kappa shape index (κ3) is 2.87. The summed E-state index contributed by atoms with van der Waals surface area (Å²) in [6.07, 6.45) is 0.356. The lowest BCUT2D eigenvalue weighted by Crippen LogP contribution is -2.59. The van der Waals surface area contributed by atoms with Crippen LogP contribution in [0, 0.1) is 11.8 Å². The van der Waals surface area contributed by atoms with E-state index >= 15 is 0 Å². The van der Waals surface area contributed by atoms with Crippen LogP contribution in [-0.2, 0) is 24.9 Å². The second-order valence-electron chi connectivity index (χ2n) is 7.67. The van der Waals surface area contributed by atoms with Crippen LogP contribution in [0.15, 0.2) is 29.3 Å². The van der Waals surface area contributed by atoms with Gasteiger partial charge in [0, 0.05) is 17.3 Å². The maximum Gasteiger partial charge on any atom is 0.332 e. The van der Waals surface area contributed by atoms with Gasteiger partial charge in [0.1, 0.15) is 0 Å². The Morgan fingerprint density at radius 1 is 1.27 bits per heavy atom. The van der Waals surface area contributed by atoms with E-state index in [2.05, 4.69) is 4.99 Å². The number of carbonyl (C=O) groups is 3. The third-order valence-electron chi connectivity index (χ3n) is 6.43. The number of fused-ring (bicyclic) bond motifs is 3. The number of methoxy groups -OCH3 is 1. The van der Waals surface area contributed by atoms with Gasteiger partial charge in [-0.15, -0.1) is 0 Å². The molecule has 0 saturated carbocycles. The lowest BCUT2D eigenvalue weighted by Gasteiger charge is -2.39. The molecule has 3 aliphatic rings. The number of thioether (sulfide) groups is 1. The summed E-state index contributed by atoms with van der Waals surface area (Å²) < 4.78 is 5.18. The lowest BCUT2D eigenvalue weighted by atomic mass is 9.78. The van der Waals surface area contributed by atoms with Crippen LogP contribution >= 0.6 is 23.4 Å². The molecule has 2 amide bonds. The van der Waals surface area contributed by atoms with Gasteiger partial charge in [0.25, 0.3) is 0 Å². The fraction of sp³-hybridized carbons (Fsp3) is 0.524. The summed E-state index contributed by atoms with van der Waals surface area (Å²) in [5.74, 6) is -1.65. The molecule has 7 nitrogen and oxygen atoms in total. The Hall–Kier alpha value is -2.06. The monoisotopic (exact) mass is 449 g/mol. The number of aliphatic imine (C=N–C) groups is 1. The minimum absolute atomic E-state index is 0.208. The predicted octanol–water partition coefficient (Wildman–Crippen LogP) is 2.57. The summed E-state index contributed by atoms with van der Waals surface area (Å²) in [6, 6.07) is 7.24. The standard InChI is InChI=1S/C21H24ClN3O4S/c1-4-21(19(28)29-3)16-15(17(26)24(5-2)18(16)27)14-10-23-20(25(14)21)30-11-12-6-8-13(22)9-7-12/h6-9,14-16H,4-5,10-11H2,1-3H3/t14-,15+,16-,21-/m1/s1. The second kappa shape index (κ2) is 7.89. The van der Waals surface area contributed by atoms with Gasteiger partial charge in [-0.05, 0) is 31.0 Å². The number of imide groups is 1. The van der Waals surface area contributed by atoms with Gasteiger partial charge in [0.2, 0.25) is 11.8 Å². The first-order chi connectivity index (χ1) is 14.4. The van der Waals surface area contributed by atoms with E-state index in [-0.39, 0.29) is 17.9 Å². The molecule has 2 saturated heterocycles. The van der Waals surface area contributed by atoms with Crippen LogP contribution in [-0.4, -0.2) is 64.5 Å². The van der Waals surface area contributed by atoms with Crippen LogP contribution in [0.3, 0.4) is 0 Å². The summed E-state index contributed by atoms with van der Waals surface area (Å²) in [6.45, 7) is 4.33. The number of likely N-dealkylation sites (tertiary alicyclic amines) is 1. The second-order valence-corrected chi connectivity index (χ2v) is 9.05. The smallest absolute Gasteiger partial charge is 0.332 e. The highest BCUT2D eigenvalue weighted by molar-refractivity contribution is 8.13. The zero-order valence-electron chi connectivity index (χ0n) is 17.1. The minimum atomic E-state index is -1.22. The number of carbonyl (C=O) groups excluding carboxylic acids is 3. The van der Waals surface area contributed by atoms with Gasteiger partial charge in [0.05, 0.1) is 31.5 Å². The molecule has 2 fully saturated rings. The first kappa shape index (κ1) is 21.2. The number of nitrogens with zero attached hydrogens (tertiary/aromatic N) is 3. The average Bonchev–Trinajstić information content (AvgIpc) is 3.36. The highest BCUT2D eigenvalue weighted by Crippen LogP contribution is 2.53. The molecule has 4 atom stereocenters.